The van der Waals surface area contributed by atoms with Crippen molar-refractivity contribution in [2.24, 2.45) is 5.73 Å². The number of para-hydroxylation sites is 1. The summed E-state index contributed by atoms with van der Waals surface area (Å²) < 4.78 is 7.27. The number of hydrogen-bond acceptors (Lipinski definition) is 3. The van der Waals surface area contributed by atoms with Gasteiger partial charge in [0.05, 0.1) is 18.2 Å². The van der Waals surface area contributed by atoms with E-state index in [0.717, 1.165) is 35.7 Å². The lowest BCUT2D eigenvalue weighted by Crippen LogP contribution is -2.12. The summed E-state index contributed by atoms with van der Waals surface area (Å²) in [5.74, 6) is -0.751. The summed E-state index contributed by atoms with van der Waals surface area (Å²) in [5.41, 5.74) is 11.1. The molecule has 0 bridgehead atoms. The fraction of sp³-hybridized carbons (Fsp3) is 0.273. The van der Waals surface area contributed by atoms with E-state index in [4.69, 9.17) is 10.5 Å². The molecule has 0 saturated carbocycles. The number of hydrogen-bond donors (Lipinski definition) is 1. The smallest absolute Gasteiger partial charge is 0.340 e. The molecule has 2 N–H and O–H groups in total. The maximum absolute atomic E-state index is 12.4. The lowest BCUT2D eigenvalue weighted by atomic mass is 9.95. The second-order valence-electron chi connectivity index (χ2n) is 6.97. The van der Waals surface area contributed by atoms with Gasteiger partial charge in [-0.05, 0) is 55.0 Å². The van der Waals surface area contributed by atoms with E-state index < -0.39 is 5.91 Å². The molecule has 0 atom stereocenters. The van der Waals surface area contributed by atoms with Crippen molar-refractivity contribution in [2.75, 3.05) is 7.11 Å². The highest BCUT2D eigenvalue weighted by Crippen LogP contribution is 2.34. The highest BCUT2D eigenvalue weighted by Gasteiger charge is 2.24. The number of aryl methyl sites for hydroxylation is 1. The average Bonchev–Trinajstić information content (AvgIpc) is 3.02. The van der Waals surface area contributed by atoms with Gasteiger partial charge in [-0.3, -0.25) is 4.79 Å². The molecular formula is C22H22N2O3. The van der Waals surface area contributed by atoms with Crippen molar-refractivity contribution >= 4 is 22.8 Å². The molecule has 0 unspecified atom stereocenters. The highest BCUT2D eigenvalue weighted by atomic mass is 16.5. The lowest BCUT2D eigenvalue weighted by Gasteiger charge is -2.16. The number of amides is 1. The van der Waals surface area contributed by atoms with Gasteiger partial charge in [-0.25, -0.2) is 4.79 Å². The molecule has 0 saturated heterocycles. The molecule has 138 valence electrons. The Morgan fingerprint density at radius 1 is 1.07 bits per heavy atom. The van der Waals surface area contributed by atoms with Gasteiger partial charge in [-0.15, -0.1) is 0 Å². The number of nitrogens with zero attached hydrogens (tertiary/aromatic N) is 1. The normalized spacial score (nSPS) is 13.4. The molecule has 2 aromatic carbocycles. The number of benzene rings is 2. The summed E-state index contributed by atoms with van der Waals surface area (Å²) in [5, 5.41) is 1.14. The van der Waals surface area contributed by atoms with E-state index in [1.165, 1.54) is 24.8 Å². The molecule has 0 fully saturated rings. The minimum atomic E-state index is -0.432. The van der Waals surface area contributed by atoms with Crippen LogP contribution in [0.3, 0.4) is 0 Å². The van der Waals surface area contributed by atoms with Crippen LogP contribution in [0.25, 0.3) is 10.9 Å². The minimum Gasteiger partial charge on any atom is -0.465 e. The van der Waals surface area contributed by atoms with Gasteiger partial charge in [0.15, 0.2) is 0 Å². The Morgan fingerprint density at radius 3 is 2.52 bits per heavy atom. The molecule has 1 aliphatic rings. The number of nitrogens with two attached hydrogens (primary N) is 1. The zero-order valence-electron chi connectivity index (χ0n) is 15.3. The quantitative estimate of drug-likeness (QED) is 0.722. The molecule has 0 spiro atoms. The van der Waals surface area contributed by atoms with Crippen LogP contribution in [-0.4, -0.2) is 23.6 Å². The molecule has 4 rings (SSSR count). The Labute approximate surface area is 157 Å². The van der Waals surface area contributed by atoms with Gasteiger partial charge in [0, 0.05) is 23.2 Å². The summed E-state index contributed by atoms with van der Waals surface area (Å²) in [6.45, 7) is 0.638. The van der Waals surface area contributed by atoms with Crippen LogP contribution in [0.1, 0.15) is 50.4 Å². The summed E-state index contributed by atoms with van der Waals surface area (Å²) in [7, 11) is 1.41. The Hall–Kier alpha value is -3.08. The number of rotatable bonds is 4. The molecule has 0 radical (unpaired) electrons. The van der Waals surface area contributed by atoms with Crippen molar-refractivity contribution in [1.29, 1.82) is 0 Å². The molecule has 1 aromatic heterocycles. The number of ether oxygens (including phenoxy) is 1. The second kappa shape index (κ2) is 6.91. The third-order valence-corrected chi connectivity index (χ3v) is 5.38. The van der Waals surface area contributed by atoms with Crippen molar-refractivity contribution in [3.05, 3.63) is 70.4 Å². The lowest BCUT2D eigenvalue weighted by molar-refractivity contribution is 0.0602. The second-order valence-corrected chi connectivity index (χ2v) is 6.97. The first-order valence-corrected chi connectivity index (χ1v) is 9.20. The Balaban J connectivity index is 1.87. The van der Waals surface area contributed by atoms with Crippen molar-refractivity contribution in [2.45, 2.75) is 32.2 Å². The van der Waals surface area contributed by atoms with Gasteiger partial charge in [0.2, 0.25) is 5.91 Å². The average molecular weight is 362 g/mol. The van der Waals surface area contributed by atoms with Gasteiger partial charge in [-0.1, -0.05) is 24.3 Å². The van der Waals surface area contributed by atoms with Gasteiger partial charge in [0.25, 0.3) is 0 Å². The van der Waals surface area contributed by atoms with E-state index in [2.05, 4.69) is 10.6 Å². The van der Waals surface area contributed by atoms with Crippen LogP contribution < -0.4 is 5.73 Å². The van der Waals surface area contributed by atoms with E-state index in [1.807, 2.05) is 24.3 Å². The van der Waals surface area contributed by atoms with E-state index in [1.54, 1.807) is 12.1 Å². The van der Waals surface area contributed by atoms with Crippen LogP contribution in [0, 0.1) is 0 Å². The molecular weight excluding hydrogens is 340 g/mol. The first-order chi connectivity index (χ1) is 13.1. The monoisotopic (exact) mass is 362 g/mol. The molecule has 3 aromatic rings. The predicted octanol–water partition coefficient (Wildman–Crippen LogP) is 3.45. The zero-order valence-corrected chi connectivity index (χ0v) is 15.3. The van der Waals surface area contributed by atoms with Gasteiger partial charge >= 0.3 is 5.97 Å². The van der Waals surface area contributed by atoms with E-state index in [-0.39, 0.29) is 5.97 Å². The summed E-state index contributed by atoms with van der Waals surface area (Å²) in [6.07, 6.45) is 4.35. The number of primary amides is 1. The van der Waals surface area contributed by atoms with Crippen LogP contribution in [0.5, 0.6) is 0 Å². The predicted molar refractivity (Wildman–Crippen MR) is 104 cm³/mol. The van der Waals surface area contributed by atoms with Crippen LogP contribution >= 0.6 is 0 Å². The topological polar surface area (TPSA) is 74.3 Å². The van der Waals surface area contributed by atoms with E-state index >= 15 is 0 Å². The van der Waals surface area contributed by atoms with E-state index in [9.17, 15) is 9.59 Å². The molecule has 0 aliphatic heterocycles. The van der Waals surface area contributed by atoms with Gasteiger partial charge in [0.1, 0.15) is 0 Å². The number of carbonyl (C=O) groups is 2. The van der Waals surface area contributed by atoms with Crippen molar-refractivity contribution in [1.82, 2.24) is 4.57 Å². The van der Waals surface area contributed by atoms with Crippen LogP contribution in [0.4, 0.5) is 0 Å². The number of methoxy groups -OCH3 is 1. The molecule has 5 heteroatoms. The molecule has 27 heavy (non-hydrogen) atoms. The van der Waals surface area contributed by atoms with Crippen molar-refractivity contribution < 1.29 is 14.3 Å². The van der Waals surface area contributed by atoms with Crippen LogP contribution in [0.2, 0.25) is 0 Å². The Bertz CT molecular complexity index is 1030. The number of aromatic nitrogens is 1. The third kappa shape index (κ3) is 2.99. The number of esters is 1. The highest BCUT2D eigenvalue weighted by molar-refractivity contribution is 6.04. The molecule has 5 nitrogen and oxygen atoms in total. The molecule has 1 amide bonds. The van der Waals surface area contributed by atoms with Gasteiger partial charge < -0.3 is 15.0 Å². The fourth-order valence-electron chi connectivity index (χ4n) is 4.10. The summed E-state index contributed by atoms with van der Waals surface area (Å²) >= 11 is 0. The fourth-order valence-corrected chi connectivity index (χ4v) is 4.10. The number of fused-ring (bicyclic) bond motifs is 3. The standard InChI is InChI=1S/C22H22N2O3/c1-27-22(26)18-7-4-6-17-16-5-2-3-8-19(16)24(20(17)18)13-14-9-11-15(12-10-14)21(23)25/h4,6-7,9-12H,2-3,5,8,13H2,1H3,(H2,23,25). The maximum atomic E-state index is 12.4. The van der Waals surface area contributed by atoms with Crippen LogP contribution in [0.15, 0.2) is 42.5 Å². The van der Waals surface area contributed by atoms with Crippen molar-refractivity contribution in [3.8, 4) is 0 Å². The first kappa shape index (κ1) is 17.3. The van der Waals surface area contributed by atoms with E-state index in [0.29, 0.717) is 17.7 Å². The maximum Gasteiger partial charge on any atom is 0.340 e. The SMILES string of the molecule is COC(=O)c1cccc2c3c(n(Cc4ccc(C(N)=O)cc4)c12)CCCC3. The third-order valence-electron chi connectivity index (χ3n) is 5.38. The van der Waals surface area contributed by atoms with Crippen molar-refractivity contribution in [3.63, 3.8) is 0 Å². The largest absolute Gasteiger partial charge is 0.465 e. The van der Waals surface area contributed by atoms with Gasteiger partial charge in [-0.2, -0.15) is 0 Å². The molecule has 1 heterocycles. The Kier molecular flexibility index (Phi) is 4.44. The zero-order chi connectivity index (χ0) is 19.0. The van der Waals surface area contributed by atoms with Crippen LogP contribution in [-0.2, 0) is 24.1 Å². The Morgan fingerprint density at radius 2 is 1.81 bits per heavy atom. The summed E-state index contributed by atoms with van der Waals surface area (Å²) in [4.78, 5) is 23.7. The molecule has 1 aliphatic carbocycles. The first-order valence-electron chi connectivity index (χ1n) is 9.20. The number of carbonyl (C=O) groups excluding carboxylic acids is 2. The minimum absolute atomic E-state index is 0.319. The summed E-state index contributed by atoms with van der Waals surface area (Å²) in [6, 6.07) is 13.2.